The van der Waals surface area contributed by atoms with E-state index in [4.69, 9.17) is 5.73 Å². The molecule has 0 aliphatic carbocycles. The van der Waals surface area contributed by atoms with Gasteiger partial charge in [0.1, 0.15) is 0 Å². The third-order valence-electron chi connectivity index (χ3n) is 2.43. The monoisotopic (exact) mass is 337 g/mol. The number of halogens is 1. The number of thiophene rings is 1. The summed E-state index contributed by atoms with van der Waals surface area (Å²) in [5.74, 6) is -0.255. The number of hydrogen-bond acceptors (Lipinski definition) is 4. The first kappa shape index (κ1) is 13.8. The maximum atomic E-state index is 11.8. The largest absolute Gasteiger partial charge is 0.399 e. The van der Waals surface area contributed by atoms with Crippen LogP contribution in [0.25, 0.3) is 0 Å². The van der Waals surface area contributed by atoms with Gasteiger partial charge < -0.3 is 5.73 Å². The molecule has 0 spiro atoms. The van der Waals surface area contributed by atoms with Crippen LogP contribution in [0.1, 0.15) is 22.2 Å². The van der Waals surface area contributed by atoms with Gasteiger partial charge >= 0.3 is 0 Å². The molecular formula is C13H12BrN3OS. The lowest BCUT2D eigenvalue weighted by Crippen LogP contribution is -2.19. The van der Waals surface area contributed by atoms with Crippen molar-refractivity contribution in [3.05, 3.63) is 50.6 Å². The lowest BCUT2D eigenvalue weighted by Gasteiger charge is -2.01. The van der Waals surface area contributed by atoms with Gasteiger partial charge in [-0.25, -0.2) is 5.43 Å². The topological polar surface area (TPSA) is 67.5 Å². The number of carbonyl (C=O) groups excluding carboxylic acids is 1. The molecule has 1 amide bonds. The van der Waals surface area contributed by atoms with E-state index >= 15 is 0 Å². The van der Waals surface area contributed by atoms with Crippen molar-refractivity contribution in [3.63, 3.8) is 0 Å². The molecule has 1 aromatic heterocycles. The Bertz CT molecular complexity index is 619. The highest BCUT2D eigenvalue weighted by atomic mass is 79.9. The second-order valence-corrected chi connectivity index (χ2v) is 6.33. The van der Waals surface area contributed by atoms with E-state index in [-0.39, 0.29) is 5.91 Å². The molecule has 98 valence electrons. The van der Waals surface area contributed by atoms with Crippen LogP contribution in [0.3, 0.4) is 0 Å². The average Bonchev–Trinajstić information content (AvgIpc) is 2.83. The molecule has 6 heteroatoms. The zero-order chi connectivity index (χ0) is 13.8. The highest BCUT2D eigenvalue weighted by Gasteiger charge is 2.05. The van der Waals surface area contributed by atoms with Gasteiger partial charge in [-0.15, -0.1) is 11.3 Å². The van der Waals surface area contributed by atoms with Crippen LogP contribution < -0.4 is 11.2 Å². The van der Waals surface area contributed by atoms with Gasteiger partial charge in [-0.05, 0) is 59.3 Å². The van der Waals surface area contributed by atoms with E-state index in [0.29, 0.717) is 11.3 Å². The molecule has 1 heterocycles. The number of hydrogen-bond donors (Lipinski definition) is 2. The predicted molar refractivity (Wildman–Crippen MR) is 82.6 cm³/mol. The summed E-state index contributed by atoms with van der Waals surface area (Å²) >= 11 is 4.95. The summed E-state index contributed by atoms with van der Waals surface area (Å²) in [5, 5.41) is 4.08. The fraction of sp³-hybridized carbons (Fsp3) is 0.0769. The smallest absolute Gasteiger partial charge is 0.271 e. The molecule has 0 radical (unpaired) electrons. The number of nitrogens with two attached hydrogens (primary N) is 1. The van der Waals surface area contributed by atoms with Crippen molar-refractivity contribution in [1.82, 2.24) is 5.43 Å². The first-order valence-electron chi connectivity index (χ1n) is 5.52. The summed E-state index contributed by atoms with van der Waals surface area (Å²) in [5.41, 5.74) is 10.0. The van der Waals surface area contributed by atoms with E-state index < -0.39 is 0 Å². The van der Waals surface area contributed by atoms with Crippen LogP contribution in [0, 0.1) is 0 Å². The SMILES string of the molecule is C/C(=N/NC(=O)c1ccc(N)cc1)c1ccc(Br)s1. The van der Waals surface area contributed by atoms with E-state index in [1.165, 1.54) is 0 Å². The number of carbonyl (C=O) groups is 1. The van der Waals surface area contributed by atoms with Crippen LogP contribution in [0.5, 0.6) is 0 Å². The Morgan fingerprint density at radius 2 is 1.95 bits per heavy atom. The van der Waals surface area contributed by atoms with Gasteiger partial charge in [0.2, 0.25) is 0 Å². The minimum absolute atomic E-state index is 0.255. The number of nitrogens with zero attached hydrogens (tertiary/aromatic N) is 1. The first-order chi connectivity index (χ1) is 9.06. The van der Waals surface area contributed by atoms with Crippen molar-refractivity contribution in [2.75, 3.05) is 5.73 Å². The van der Waals surface area contributed by atoms with Crippen molar-refractivity contribution in [1.29, 1.82) is 0 Å². The van der Waals surface area contributed by atoms with Crippen LogP contribution in [-0.4, -0.2) is 11.6 Å². The minimum atomic E-state index is -0.255. The van der Waals surface area contributed by atoms with Gasteiger partial charge in [0, 0.05) is 11.3 Å². The molecule has 0 unspecified atom stereocenters. The maximum Gasteiger partial charge on any atom is 0.271 e. The van der Waals surface area contributed by atoms with Crippen molar-refractivity contribution < 1.29 is 4.79 Å². The molecule has 2 aromatic rings. The molecule has 0 bridgehead atoms. The molecule has 0 saturated carbocycles. The Kier molecular flexibility index (Phi) is 4.34. The van der Waals surface area contributed by atoms with Gasteiger partial charge in [-0.1, -0.05) is 0 Å². The summed E-state index contributed by atoms with van der Waals surface area (Å²) in [7, 11) is 0. The first-order valence-corrected chi connectivity index (χ1v) is 7.13. The summed E-state index contributed by atoms with van der Waals surface area (Å²) in [4.78, 5) is 12.8. The number of anilines is 1. The van der Waals surface area contributed by atoms with Crippen LogP contribution in [0.15, 0.2) is 45.3 Å². The van der Waals surface area contributed by atoms with Gasteiger partial charge in [0.05, 0.1) is 14.4 Å². The fourth-order valence-corrected chi connectivity index (χ4v) is 2.73. The number of rotatable bonds is 3. The number of nitrogens with one attached hydrogen (secondary N) is 1. The van der Waals surface area contributed by atoms with Crippen molar-refractivity contribution in [3.8, 4) is 0 Å². The Labute approximate surface area is 123 Å². The zero-order valence-electron chi connectivity index (χ0n) is 10.2. The van der Waals surface area contributed by atoms with E-state index in [0.717, 1.165) is 14.4 Å². The molecule has 0 atom stereocenters. The third-order valence-corrected chi connectivity index (χ3v) is 4.16. The van der Waals surface area contributed by atoms with Crippen LogP contribution in [0.2, 0.25) is 0 Å². The van der Waals surface area contributed by atoms with Crippen LogP contribution in [0.4, 0.5) is 5.69 Å². The van der Waals surface area contributed by atoms with E-state index in [1.807, 2.05) is 19.1 Å². The molecule has 2 rings (SSSR count). The molecular weight excluding hydrogens is 326 g/mol. The Morgan fingerprint density at radius 3 is 2.53 bits per heavy atom. The van der Waals surface area contributed by atoms with E-state index in [1.54, 1.807) is 35.6 Å². The maximum absolute atomic E-state index is 11.8. The normalized spacial score (nSPS) is 11.4. The molecule has 0 saturated heterocycles. The molecule has 3 N–H and O–H groups in total. The van der Waals surface area contributed by atoms with Crippen molar-refractivity contribution >= 4 is 44.6 Å². The van der Waals surface area contributed by atoms with Crippen molar-refractivity contribution in [2.24, 2.45) is 5.10 Å². The molecule has 19 heavy (non-hydrogen) atoms. The zero-order valence-corrected chi connectivity index (χ0v) is 12.6. The van der Waals surface area contributed by atoms with Crippen LogP contribution >= 0.6 is 27.3 Å². The lowest BCUT2D eigenvalue weighted by molar-refractivity contribution is 0.0955. The Balaban J connectivity index is 2.05. The summed E-state index contributed by atoms with van der Waals surface area (Å²) in [6.45, 7) is 1.85. The van der Waals surface area contributed by atoms with E-state index in [2.05, 4.69) is 26.5 Å². The quantitative estimate of drug-likeness (QED) is 0.512. The highest BCUT2D eigenvalue weighted by molar-refractivity contribution is 9.11. The van der Waals surface area contributed by atoms with Crippen LogP contribution in [-0.2, 0) is 0 Å². The number of benzene rings is 1. The molecule has 0 aliphatic heterocycles. The predicted octanol–water partition coefficient (Wildman–Crippen LogP) is 3.25. The summed E-state index contributed by atoms with van der Waals surface area (Å²) in [6.07, 6.45) is 0. The molecule has 0 fully saturated rings. The third kappa shape index (κ3) is 3.65. The molecule has 0 aliphatic rings. The lowest BCUT2D eigenvalue weighted by atomic mass is 10.2. The van der Waals surface area contributed by atoms with Crippen molar-refractivity contribution in [2.45, 2.75) is 6.92 Å². The molecule has 4 nitrogen and oxygen atoms in total. The molecule has 1 aromatic carbocycles. The Hall–Kier alpha value is -1.66. The highest BCUT2D eigenvalue weighted by Crippen LogP contribution is 2.22. The second kappa shape index (κ2) is 5.99. The van der Waals surface area contributed by atoms with Gasteiger partial charge in [-0.3, -0.25) is 4.79 Å². The number of nitrogen functional groups attached to an aromatic ring is 1. The van der Waals surface area contributed by atoms with Gasteiger partial charge in [0.25, 0.3) is 5.91 Å². The standard InChI is InChI=1S/C13H12BrN3OS/c1-8(11-6-7-12(14)19-11)16-17-13(18)9-2-4-10(15)5-3-9/h2-7H,15H2,1H3,(H,17,18)/b16-8-. The number of amides is 1. The second-order valence-electron chi connectivity index (χ2n) is 3.86. The minimum Gasteiger partial charge on any atom is -0.399 e. The summed E-state index contributed by atoms with van der Waals surface area (Å²) < 4.78 is 1.03. The van der Waals surface area contributed by atoms with E-state index in [9.17, 15) is 4.79 Å². The Morgan fingerprint density at radius 1 is 1.26 bits per heavy atom. The fourth-order valence-electron chi connectivity index (χ4n) is 1.40. The van der Waals surface area contributed by atoms with Gasteiger partial charge in [0.15, 0.2) is 0 Å². The number of hydrazone groups is 1. The average molecular weight is 338 g/mol. The van der Waals surface area contributed by atoms with Gasteiger partial charge in [-0.2, -0.15) is 5.10 Å². The summed E-state index contributed by atoms with van der Waals surface area (Å²) in [6, 6.07) is 10.6.